The summed E-state index contributed by atoms with van der Waals surface area (Å²) in [6.07, 6.45) is 4.93. The Labute approximate surface area is 132 Å². The summed E-state index contributed by atoms with van der Waals surface area (Å²) in [7, 11) is 1.69. The molecular formula is C17H25N3O2. The van der Waals surface area contributed by atoms with E-state index in [0.29, 0.717) is 12.5 Å². The van der Waals surface area contributed by atoms with Crippen LogP contribution in [0.15, 0.2) is 24.4 Å². The van der Waals surface area contributed by atoms with Crippen LogP contribution in [-0.2, 0) is 16.1 Å². The first-order chi connectivity index (χ1) is 10.7. The molecule has 3 heterocycles. The van der Waals surface area contributed by atoms with Gasteiger partial charge in [0.05, 0.1) is 17.7 Å². The predicted octanol–water partition coefficient (Wildman–Crippen LogP) is 1.54. The van der Waals surface area contributed by atoms with Crippen LogP contribution in [0.2, 0.25) is 0 Å². The molecule has 0 N–H and O–H groups in total. The van der Waals surface area contributed by atoms with Crippen molar-refractivity contribution >= 4 is 5.91 Å². The molecule has 0 aliphatic carbocycles. The van der Waals surface area contributed by atoms with Crippen LogP contribution in [0.1, 0.15) is 25.0 Å². The summed E-state index contributed by atoms with van der Waals surface area (Å²) < 4.78 is 5.13. The largest absolute Gasteiger partial charge is 0.383 e. The van der Waals surface area contributed by atoms with Crippen LogP contribution >= 0.6 is 0 Å². The molecule has 1 atom stereocenters. The molecule has 0 aromatic carbocycles. The highest BCUT2D eigenvalue weighted by Crippen LogP contribution is 2.40. The molecule has 1 aromatic heterocycles. The molecule has 3 rings (SSSR count). The summed E-state index contributed by atoms with van der Waals surface area (Å²) >= 11 is 0. The highest BCUT2D eigenvalue weighted by atomic mass is 16.5. The third-order valence-electron chi connectivity index (χ3n) is 4.93. The van der Waals surface area contributed by atoms with E-state index in [-0.39, 0.29) is 5.41 Å². The number of piperidine rings is 1. The monoisotopic (exact) mass is 303 g/mol. The molecule has 2 saturated heterocycles. The summed E-state index contributed by atoms with van der Waals surface area (Å²) in [5, 5.41) is 0. The van der Waals surface area contributed by atoms with Crippen LogP contribution in [-0.4, -0.2) is 60.6 Å². The zero-order valence-corrected chi connectivity index (χ0v) is 13.3. The van der Waals surface area contributed by atoms with Gasteiger partial charge in [-0.05, 0) is 37.9 Å². The lowest BCUT2D eigenvalue weighted by molar-refractivity contribution is -0.146. The molecule has 120 valence electrons. The number of hydrogen-bond donors (Lipinski definition) is 0. The van der Waals surface area contributed by atoms with Gasteiger partial charge in [-0.3, -0.25) is 14.7 Å². The zero-order chi connectivity index (χ0) is 15.4. The number of likely N-dealkylation sites (tertiary alicyclic amines) is 2. The van der Waals surface area contributed by atoms with E-state index in [1.807, 2.05) is 23.2 Å². The number of pyridine rings is 1. The van der Waals surface area contributed by atoms with Crippen molar-refractivity contribution in [2.24, 2.45) is 5.41 Å². The molecule has 1 unspecified atom stereocenters. The Morgan fingerprint density at radius 1 is 1.32 bits per heavy atom. The second kappa shape index (κ2) is 6.75. The van der Waals surface area contributed by atoms with Gasteiger partial charge in [-0.2, -0.15) is 0 Å². The van der Waals surface area contributed by atoms with Crippen molar-refractivity contribution < 1.29 is 9.53 Å². The number of carbonyl (C=O) groups excluding carboxylic acids is 1. The molecule has 0 bridgehead atoms. The van der Waals surface area contributed by atoms with Crippen molar-refractivity contribution in [2.75, 3.05) is 39.9 Å². The number of aromatic nitrogens is 1. The Hall–Kier alpha value is -1.46. The van der Waals surface area contributed by atoms with Gasteiger partial charge in [-0.15, -0.1) is 0 Å². The van der Waals surface area contributed by atoms with Crippen molar-refractivity contribution in [3.63, 3.8) is 0 Å². The molecule has 0 saturated carbocycles. The number of carbonyl (C=O) groups is 1. The van der Waals surface area contributed by atoms with Gasteiger partial charge in [0.15, 0.2) is 0 Å². The van der Waals surface area contributed by atoms with E-state index in [4.69, 9.17) is 4.74 Å². The summed E-state index contributed by atoms with van der Waals surface area (Å²) in [4.78, 5) is 21.7. The first-order valence-electron chi connectivity index (χ1n) is 8.14. The molecule has 5 heteroatoms. The van der Waals surface area contributed by atoms with Gasteiger partial charge in [0.1, 0.15) is 0 Å². The van der Waals surface area contributed by atoms with E-state index in [9.17, 15) is 4.79 Å². The van der Waals surface area contributed by atoms with Crippen LogP contribution in [0, 0.1) is 5.41 Å². The lowest BCUT2D eigenvalue weighted by Gasteiger charge is -2.39. The van der Waals surface area contributed by atoms with E-state index in [2.05, 4.69) is 16.0 Å². The van der Waals surface area contributed by atoms with E-state index >= 15 is 0 Å². The fraction of sp³-hybridized carbons (Fsp3) is 0.647. The molecular weight excluding hydrogens is 278 g/mol. The van der Waals surface area contributed by atoms with E-state index in [1.165, 1.54) is 0 Å². The second-order valence-corrected chi connectivity index (χ2v) is 6.45. The van der Waals surface area contributed by atoms with Crippen LogP contribution in [0.3, 0.4) is 0 Å². The third kappa shape index (κ3) is 3.15. The van der Waals surface area contributed by atoms with Crippen LogP contribution in [0.5, 0.6) is 0 Å². The maximum atomic E-state index is 12.9. The first kappa shape index (κ1) is 15.4. The van der Waals surface area contributed by atoms with Gasteiger partial charge in [-0.25, -0.2) is 0 Å². The maximum absolute atomic E-state index is 12.9. The normalized spacial score (nSPS) is 26.0. The number of methoxy groups -OCH3 is 1. The predicted molar refractivity (Wildman–Crippen MR) is 84.3 cm³/mol. The average molecular weight is 303 g/mol. The molecule has 1 amide bonds. The van der Waals surface area contributed by atoms with Gasteiger partial charge in [0, 0.05) is 39.5 Å². The average Bonchev–Trinajstić information content (AvgIpc) is 2.94. The molecule has 0 radical (unpaired) electrons. The summed E-state index contributed by atoms with van der Waals surface area (Å²) in [6.45, 7) is 4.92. The van der Waals surface area contributed by atoms with Gasteiger partial charge in [0.25, 0.3) is 0 Å². The molecule has 22 heavy (non-hydrogen) atoms. The Kier molecular flexibility index (Phi) is 4.74. The van der Waals surface area contributed by atoms with E-state index in [0.717, 1.165) is 57.7 Å². The minimum atomic E-state index is -0.166. The van der Waals surface area contributed by atoms with Crippen LogP contribution in [0.4, 0.5) is 0 Å². The molecule has 2 aliphatic rings. The number of rotatable bonds is 5. The standard InChI is InChI=1S/C17H25N3O2/c1-22-12-11-20-9-4-6-17(16(20)21)7-10-19(14-17)13-15-5-2-3-8-18-15/h2-3,5,8H,4,6-7,9-14H2,1H3. The van der Waals surface area contributed by atoms with E-state index < -0.39 is 0 Å². The first-order valence-corrected chi connectivity index (χ1v) is 8.14. The van der Waals surface area contributed by atoms with Crippen molar-refractivity contribution in [2.45, 2.75) is 25.8 Å². The highest BCUT2D eigenvalue weighted by Gasteiger charge is 2.48. The SMILES string of the molecule is COCCN1CCCC2(CCN(Cc3ccccn3)C2)C1=O. The lowest BCUT2D eigenvalue weighted by atomic mass is 9.78. The molecule has 1 spiro atoms. The maximum Gasteiger partial charge on any atom is 0.230 e. The van der Waals surface area contributed by atoms with Crippen molar-refractivity contribution in [1.29, 1.82) is 0 Å². The quantitative estimate of drug-likeness (QED) is 0.828. The zero-order valence-electron chi connectivity index (χ0n) is 13.3. The fourth-order valence-corrected chi connectivity index (χ4v) is 3.76. The fourth-order valence-electron chi connectivity index (χ4n) is 3.76. The Morgan fingerprint density at radius 2 is 2.23 bits per heavy atom. The van der Waals surface area contributed by atoms with Crippen molar-refractivity contribution in [3.05, 3.63) is 30.1 Å². The molecule has 2 fully saturated rings. The summed E-state index contributed by atoms with van der Waals surface area (Å²) in [5.41, 5.74) is 0.917. The molecule has 2 aliphatic heterocycles. The van der Waals surface area contributed by atoms with Crippen LogP contribution in [0.25, 0.3) is 0 Å². The van der Waals surface area contributed by atoms with Gasteiger partial charge < -0.3 is 9.64 Å². The smallest absolute Gasteiger partial charge is 0.230 e. The summed E-state index contributed by atoms with van der Waals surface area (Å²) in [5.74, 6) is 0.333. The van der Waals surface area contributed by atoms with Gasteiger partial charge in [0.2, 0.25) is 5.91 Å². The Morgan fingerprint density at radius 3 is 3.00 bits per heavy atom. The van der Waals surface area contributed by atoms with Gasteiger partial charge >= 0.3 is 0 Å². The molecule has 1 aromatic rings. The van der Waals surface area contributed by atoms with Crippen molar-refractivity contribution in [3.8, 4) is 0 Å². The highest BCUT2D eigenvalue weighted by molar-refractivity contribution is 5.84. The number of hydrogen-bond acceptors (Lipinski definition) is 4. The van der Waals surface area contributed by atoms with Crippen LogP contribution < -0.4 is 0 Å². The molecule has 5 nitrogen and oxygen atoms in total. The minimum absolute atomic E-state index is 0.166. The summed E-state index contributed by atoms with van der Waals surface area (Å²) in [6, 6.07) is 6.01. The third-order valence-corrected chi connectivity index (χ3v) is 4.93. The lowest BCUT2D eigenvalue weighted by Crippen LogP contribution is -2.50. The Bertz CT molecular complexity index is 508. The minimum Gasteiger partial charge on any atom is -0.383 e. The topological polar surface area (TPSA) is 45.7 Å². The second-order valence-electron chi connectivity index (χ2n) is 6.45. The van der Waals surface area contributed by atoms with E-state index in [1.54, 1.807) is 7.11 Å². The Balaban J connectivity index is 1.63. The number of amides is 1. The van der Waals surface area contributed by atoms with Crippen molar-refractivity contribution in [1.82, 2.24) is 14.8 Å². The van der Waals surface area contributed by atoms with Gasteiger partial charge in [-0.1, -0.05) is 6.07 Å². The number of ether oxygens (including phenoxy) is 1. The number of nitrogens with zero attached hydrogens (tertiary/aromatic N) is 3.